The number of carbonyl (C=O) groups excluding carboxylic acids is 3. The van der Waals surface area contributed by atoms with Gasteiger partial charge in [0, 0.05) is 5.56 Å². The van der Waals surface area contributed by atoms with E-state index in [2.05, 4.69) is 0 Å². The Morgan fingerprint density at radius 3 is 2.06 bits per heavy atom. The van der Waals surface area contributed by atoms with Gasteiger partial charge in [0.15, 0.2) is 5.78 Å². The Balaban J connectivity index is 2.02. The Morgan fingerprint density at radius 2 is 1.50 bits per heavy atom. The van der Waals surface area contributed by atoms with Gasteiger partial charge >= 0.3 is 11.9 Å². The number of benzene rings is 2. The van der Waals surface area contributed by atoms with Crippen LogP contribution in [0, 0.1) is 0 Å². The van der Waals surface area contributed by atoms with Crippen LogP contribution in [0.1, 0.15) is 54.3 Å². The van der Waals surface area contributed by atoms with Gasteiger partial charge in [-0.3, -0.25) is 4.79 Å². The monoisotopic (exact) mass is 465 g/mol. The molecule has 3 N–H and O–H groups in total. The Kier molecular flexibility index (Phi) is 7.86. The molecule has 3 rings (SSSR count). The summed E-state index contributed by atoms with van der Waals surface area (Å²) in [5, 5.41) is 10.5. The van der Waals surface area contributed by atoms with Crippen molar-refractivity contribution in [2.24, 2.45) is 5.73 Å². The summed E-state index contributed by atoms with van der Waals surface area (Å²) < 4.78 is 15.8. The molecule has 0 amide bonds. The number of Topliss-reactive ketones (excluding diaryl/α,β-unsaturated/α-hetero) is 1. The van der Waals surface area contributed by atoms with Gasteiger partial charge in [-0.15, -0.1) is 0 Å². The second kappa shape index (κ2) is 10.8. The van der Waals surface area contributed by atoms with E-state index in [1.54, 1.807) is 63.2 Å². The number of ketones is 1. The van der Waals surface area contributed by atoms with Crippen molar-refractivity contribution in [3.8, 4) is 0 Å². The van der Waals surface area contributed by atoms with Gasteiger partial charge in [0.1, 0.15) is 17.4 Å². The van der Waals surface area contributed by atoms with E-state index >= 15 is 0 Å². The van der Waals surface area contributed by atoms with Crippen LogP contribution in [-0.2, 0) is 23.8 Å². The number of rotatable bonds is 8. The largest absolute Gasteiger partial charge is 0.463 e. The maximum Gasteiger partial charge on any atom is 0.340 e. The summed E-state index contributed by atoms with van der Waals surface area (Å²) in [6.07, 6.45) is -1.32. The Morgan fingerprint density at radius 1 is 0.941 bits per heavy atom. The van der Waals surface area contributed by atoms with Crippen LogP contribution in [0.25, 0.3) is 0 Å². The number of hydrogen-bond donors (Lipinski definition) is 2. The van der Waals surface area contributed by atoms with Gasteiger partial charge in [-0.05, 0) is 31.9 Å². The fraction of sp³-hybridized carbons (Fsp3) is 0.269. The lowest BCUT2D eigenvalue weighted by atomic mass is 9.82. The van der Waals surface area contributed by atoms with Crippen LogP contribution in [0.15, 0.2) is 77.4 Å². The molecule has 0 bridgehead atoms. The van der Waals surface area contributed by atoms with Crippen LogP contribution in [0.2, 0.25) is 0 Å². The molecule has 8 heteroatoms. The van der Waals surface area contributed by atoms with Crippen LogP contribution in [0.4, 0.5) is 0 Å². The zero-order valence-corrected chi connectivity index (χ0v) is 19.2. The molecule has 2 atom stereocenters. The molecular formula is C26H27NO7. The first-order valence-corrected chi connectivity index (χ1v) is 10.9. The lowest BCUT2D eigenvalue weighted by molar-refractivity contribution is -0.140. The average Bonchev–Trinajstić information content (AvgIpc) is 2.83. The highest BCUT2D eigenvalue weighted by Crippen LogP contribution is 2.40. The van der Waals surface area contributed by atoms with Crippen molar-refractivity contribution < 1.29 is 33.7 Å². The molecule has 0 saturated heterocycles. The van der Waals surface area contributed by atoms with Gasteiger partial charge in [0.25, 0.3) is 0 Å². The molecule has 0 fully saturated rings. The molecule has 1 aliphatic heterocycles. The first-order chi connectivity index (χ1) is 16.3. The number of carbonyl (C=O) groups is 3. The summed E-state index contributed by atoms with van der Waals surface area (Å²) in [4.78, 5) is 38.3. The first-order valence-electron chi connectivity index (χ1n) is 10.9. The smallest absolute Gasteiger partial charge is 0.340 e. The predicted molar refractivity (Wildman–Crippen MR) is 123 cm³/mol. The van der Waals surface area contributed by atoms with Crippen molar-refractivity contribution in [1.82, 2.24) is 0 Å². The van der Waals surface area contributed by atoms with Crippen molar-refractivity contribution in [2.75, 3.05) is 13.2 Å². The van der Waals surface area contributed by atoms with Crippen molar-refractivity contribution in [1.29, 1.82) is 0 Å². The third-order valence-electron chi connectivity index (χ3n) is 5.37. The van der Waals surface area contributed by atoms with Gasteiger partial charge in [-0.2, -0.15) is 0 Å². The number of allylic oxidation sites excluding steroid dienone is 1. The minimum atomic E-state index is -1.32. The normalized spacial score (nSPS) is 16.5. The van der Waals surface area contributed by atoms with E-state index in [-0.39, 0.29) is 41.6 Å². The zero-order valence-electron chi connectivity index (χ0n) is 19.2. The fourth-order valence-corrected chi connectivity index (χ4v) is 3.78. The maximum absolute atomic E-state index is 12.8. The molecule has 0 aromatic heterocycles. The number of aliphatic hydroxyl groups is 1. The van der Waals surface area contributed by atoms with Gasteiger partial charge in [0.2, 0.25) is 5.88 Å². The molecule has 2 aromatic rings. The Hall–Kier alpha value is -3.91. The van der Waals surface area contributed by atoms with Gasteiger partial charge < -0.3 is 25.1 Å². The average molecular weight is 466 g/mol. The van der Waals surface area contributed by atoms with Crippen molar-refractivity contribution in [2.45, 2.75) is 32.8 Å². The molecule has 0 aliphatic carbocycles. The minimum absolute atomic E-state index is 0.0288. The van der Waals surface area contributed by atoms with Crippen LogP contribution in [0.3, 0.4) is 0 Å². The number of aliphatic hydroxyl groups excluding tert-OH is 1. The Bertz CT molecular complexity index is 1090. The number of esters is 2. The van der Waals surface area contributed by atoms with Crippen LogP contribution < -0.4 is 5.73 Å². The molecule has 8 nitrogen and oxygen atoms in total. The van der Waals surface area contributed by atoms with Crippen molar-refractivity contribution >= 4 is 17.7 Å². The molecule has 0 saturated carbocycles. The number of hydrogen-bond acceptors (Lipinski definition) is 8. The van der Waals surface area contributed by atoms with E-state index < -0.39 is 29.7 Å². The molecule has 2 aromatic carbocycles. The molecule has 1 aliphatic rings. The molecule has 0 radical (unpaired) electrons. The summed E-state index contributed by atoms with van der Waals surface area (Å²) in [6, 6.07) is 14.8. The predicted octanol–water partition coefficient (Wildman–Crippen LogP) is 3.29. The minimum Gasteiger partial charge on any atom is -0.463 e. The summed E-state index contributed by atoms with van der Waals surface area (Å²) in [5.41, 5.74) is 7.36. The fourth-order valence-electron chi connectivity index (χ4n) is 3.78. The van der Waals surface area contributed by atoms with E-state index in [1.165, 1.54) is 12.1 Å². The topological polar surface area (TPSA) is 125 Å². The Labute approximate surface area is 197 Å². The highest BCUT2D eigenvalue weighted by atomic mass is 16.5. The highest BCUT2D eigenvalue weighted by Gasteiger charge is 2.40. The lowest BCUT2D eigenvalue weighted by Gasteiger charge is -2.28. The third kappa shape index (κ3) is 5.02. The molecule has 1 heterocycles. The first kappa shape index (κ1) is 24.7. The summed E-state index contributed by atoms with van der Waals surface area (Å²) in [5.74, 6) is -2.75. The van der Waals surface area contributed by atoms with E-state index in [4.69, 9.17) is 19.9 Å². The quantitative estimate of drug-likeness (QED) is 0.449. The summed E-state index contributed by atoms with van der Waals surface area (Å²) >= 11 is 0. The number of ether oxygens (including phenoxy) is 3. The van der Waals surface area contributed by atoms with Crippen molar-refractivity contribution in [3.63, 3.8) is 0 Å². The van der Waals surface area contributed by atoms with Crippen LogP contribution in [0.5, 0.6) is 0 Å². The van der Waals surface area contributed by atoms with Gasteiger partial charge in [-0.1, -0.05) is 54.6 Å². The van der Waals surface area contributed by atoms with Crippen LogP contribution >= 0.6 is 0 Å². The molecule has 178 valence electrons. The molecule has 2 unspecified atom stereocenters. The van der Waals surface area contributed by atoms with Gasteiger partial charge in [0.05, 0.1) is 24.7 Å². The summed E-state index contributed by atoms with van der Waals surface area (Å²) in [6.45, 7) is 5.11. The summed E-state index contributed by atoms with van der Waals surface area (Å²) in [7, 11) is 0. The van der Waals surface area contributed by atoms with E-state index in [0.29, 0.717) is 11.1 Å². The molecule has 34 heavy (non-hydrogen) atoms. The molecular weight excluding hydrogens is 438 g/mol. The second-order valence-electron chi connectivity index (χ2n) is 7.52. The molecule has 0 spiro atoms. The van der Waals surface area contributed by atoms with Crippen molar-refractivity contribution in [3.05, 3.63) is 94.1 Å². The maximum atomic E-state index is 12.8. The lowest BCUT2D eigenvalue weighted by Crippen LogP contribution is -2.30. The third-order valence-corrected chi connectivity index (χ3v) is 5.37. The second-order valence-corrected chi connectivity index (χ2v) is 7.52. The SMILES string of the molecule is CCOC(=O)C1=C(C)OC(N)=C(C(=O)OCC)C1c1ccc(C(=O)C(O)c2ccccc2)cc1. The zero-order chi connectivity index (χ0) is 24.8. The van der Waals surface area contributed by atoms with E-state index in [9.17, 15) is 19.5 Å². The standard InChI is InChI=1S/C26H27NO7/c1-4-32-25(30)19-15(3)34-24(27)21(26(31)33-5-2)20(19)16-11-13-18(14-12-16)23(29)22(28)17-9-7-6-8-10-17/h6-14,20,22,28H,4-5,27H2,1-3H3. The van der Waals surface area contributed by atoms with Gasteiger partial charge in [-0.25, -0.2) is 9.59 Å². The number of nitrogens with two attached hydrogens (primary N) is 1. The van der Waals surface area contributed by atoms with E-state index in [0.717, 1.165) is 0 Å². The van der Waals surface area contributed by atoms with Crippen LogP contribution in [-0.4, -0.2) is 36.0 Å². The highest BCUT2D eigenvalue weighted by molar-refractivity contribution is 6.01. The van der Waals surface area contributed by atoms with E-state index in [1.807, 2.05) is 0 Å².